The topological polar surface area (TPSA) is 165 Å². The highest BCUT2D eigenvalue weighted by Gasteiger charge is 2.58. The van der Waals surface area contributed by atoms with Crippen molar-refractivity contribution in [2.24, 2.45) is 5.92 Å². The van der Waals surface area contributed by atoms with Crippen LogP contribution in [0.4, 0.5) is 0 Å². The van der Waals surface area contributed by atoms with Crippen molar-refractivity contribution in [3.63, 3.8) is 0 Å². The maximum absolute atomic E-state index is 13.1. The van der Waals surface area contributed by atoms with Gasteiger partial charge < -0.3 is 54.2 Å². The van der Waals surface area contributed by atoms with Gasteiger partial charge in [-0.1, -0.05) is 19.1 Å². The van der Waals surface area contributed by atoms with E-state index in [9.17, 15) is 25.2 Å². The number of fused-ring (bicyclic) bond motifs is 1. The SMILES string of the molecule is C=C1CC(OC)(C(O)C(=O)NC2OCOC3C2OC(CC(O)CO)C(C)(O)C3OC)OC(C)C1C. The first-order valence-corrected chi connectivity index (χ1v) is 11.7. The Kier molecular flexibility index (Phi) is 8.96. The highest BCUT2D eigenvalue weighted by Crippen LogP contribution is 2.40. The minimum atomic E-state index is -1.72. The maximum atomic E-state index is 13.1. The lowest BCUT2D eigenvalue weighted by atomic mass is 9.80. The molecule has 0 aromatic rings. The van der Waals surface area contributed by atoms with Crippen LogP contribution in [0.5, 0.6) is 0 Å². The number of aliphatic hydroxyl groups excluding tert-OH is 3. The van der Waals surface area contributed by atoms with Crippen molar-refractivity contribution in [2.75, 3.05) is 27.6 Å². The fourth-order valence-corrected chi connectivity index (χ4v) is 5.00. The molecule has 0 radical (unpaired) electrons. The smallest absolute Gasteiger partial charge is 0.256 e. The molecule has 3 fully saturated rings. The van der Waals surface area contributed by atoms with E-state index in [2.05, 4.69) is 11.9 Å². The monoisotopic (exact) mass is 505 g/mol. The predicted molar refractivity (Wildman–Crippen MR) is 120 cm³/mol. The molecule has 0 aromatic carbocycles. The summed E-state index contributed by atoms with van der Waals surface area (Å²) in [4.78, 5) is 13.1. The third kappa shape index (κ3) is 5.42. The van der Waals surface area contributed by atoms with Crippen LogP contribution >= 0.6 is 0 Å². The number of aliphatic hydroxyl groups is 4. The third-order valence-electron chi connectivity index (χ3n) is 7.43. The van der Waals surface area contributed by atoms with Gasteiger partial charge in [-0.15, -0.1) is 0 Å². The van der Waals surface area contributed by atoms with Crippen molar-refractivity contribution in [3.05, 3.63) is 12.2 Å². The van der Waals surface area contributed by atoms with Crippen molar-refractivity contribution in [2.45, 2.75) is 94.0 Å². The summed E-state index contributed by atoms with van der Waals surface area (Å²) >= 11 is 0. The molecule has 5 N–H and O–H groups in total. The van der Waals surface area contributed by atoms with Gasteiger partial charge in [0.05, 0.1) is 24.9 Å². The minimum Gasteiger partial charge on any atom is -0.394 e. The van der Waals surface area contributed by atoms with E-state index in [4.69, 9.17) is 28.4 Å². The summed E-state index contributed by atoms with van der Waals surface area (Å²) in [5, 5.41) is 43.9. The van der Waals surface area contributed by atoms with E-state index in [0.29, 0.717) is 0 Å². The summed E-state index contributed by atoms with van der Waals surface area (Å²) in [5.41, 5.74) is -0.799. The number of ether oxygens (including phenoxy) is 6. The number of rotatable bonds is 8. The number of methoxy groups -OCH3 is 2. The standard InChI is InChI=1S/C23H39NO11/c1-11-8-23(31-6,35-13(3)12(11)2)18(27)20(28)24-21-17-16(32-10-33-21)19(30-5)22(4,29)15(34-17)7-14(26)9-25/h12-19,21,25-27,29H,1,7-10H2,2-6H3,(H,24,28). The Morgan fingerprint density at radius 2 is 1.94 bits per heavy atom. The number of hydrogen-bond acceptors (Lipinski definition) is 11. The fraction of sp³-hybridized carbons (Fsp3) is 0.870. The van der Waals surface area contributed by atoms with Gasteiger partial charge in [0.2, 0.25) is 5.79 Å². The number of nitrogens with one attached hydrogen (secondary N) is 1. The summed E-state index contributed by atoms with van der Waals surface area (Å²) in [6, 6.07) is 0. The molecule has 3 heterocycles. The molecule has 3 rings (SSSR count). The second kappa shape index (κ2) is 11.1. The van der Waals surface area contributed by atoms with Crippen LogP contribution in [0, 0.1) is 5.92 Å². The maximum Gasteiger partial charge on any atom is 0.256 e. The van der Waals surface area contributed by atoms with Gasteiger partial charge in [0.1, 0.15) is 30.7 Å². The van der Waals surface area contributed by atoms with Crippen LogP contribution in [0.2, 0.25) is 0 Å². The lowest BCUT2D eigenvalue weighted by Gasteiger charge is -2.53. The second-order valence-electron chi connectivity index (χ2n) is 9.75. The van der Waals surface area contributed by atoms with Crippen LogP contribution in [0.3, 0.4) is 0 Å². The molecule has 11 unspecified atom stereocenters. The number of carbonyl (C=O) groups is 1. The number of carbonyl (C=O) groups excluding carboxylic acids is 1. The predicted octanol–water partition coefficient (Wildman–Crippen LogP) is -1.22. The lowest BCUT2D eigenvalue weighted by molar-refractivity contribution is -0.346. The van der Waals surface area contributed by atoms with Gasteiger partial charge in [-0.2, -0.15) is 0 Å². The van der Waals surface area contributed by atoms with Crippen molar-refractivity contribution >= 4 is 5.91 Å². The van der Waals surface area contributed by atoms with E-state index in [0.717, 1.165) is 5.57 Å². The molecule has 35 heavy (non-hydrogen) atoms. The zero-order valence-corrected chi connectivity index (χ0v) is 20.9. The Balaban J connectivity index is 1.79. The summed E-state index contributed by atoms with van der Waals surface area (Å²) in [7, 11) is 2.75. The van der Waals surface area contributed by atoms with E-state index >= 15 is 0 Å². The Labute approximate surface area is 205 Å². The Hall–Kier alpha value is -1.19. The summed E-state index contributed by atoms with van der Waals surface area (Å²) in [6.07, 6.45) is -7.96. The van der Waals surface area contributed by atoms with E-state index in [1.807, 2.05) is 13.8 Å². The van der Waals surface area contributed by atoms with Crippen molar-refractivity contribution in [1.82, 2.24) is 5.32 Å². The highest BCUT2D eigenvalue weighted by molar-refractivity contribution is 5.82. The molecule has 11 atom stereocenters. The fourth-order valence-electron chi connectivity index (χ4n) is 5.00. The molecule has 0 aliphatic carbocycles. The van der Waals surface area contributed by atoms with Gasteiger partial charge >= 0.3 is 0 Å². The average molecular weight is 506 g/mol. The van der Waals surface area contributed by atoms with Gasteiger partial charge in [-0.3, -0.25) is 4.79 Å². The Bertz CT molecular complexity index is 764. The van der Waals surface area contributed by atoms with Gasteiger partial charge in [-0.25, -0.2) is 0 Å². The van der Waals surface area contributed by atoms with E-state index in [1.54, 1.807) is 0 Å². The molecule has 0 spiro atoms. The quantitative estimate of drug-likeness (QED) is 0.251. The lowest BCUT2D eigenvalue weighted by Crippen LogP contribution is -2.72. The van der Waals surface area contributed by atoms with Crippen molar-refractivity contribution < 1.29 is 53.6 Å². The average Bonchev–Trinajstić information content (AvgIpc) is 2.82. The van der Waals surface area contributed by atoms with Crippen LogP contribution in [-0.4, -0.2) is 114 Å². The Morgan fingerprint density at radius 3 is 2.51 bits per heavy atom. The molecule has 1 amide bonds. The van der Waals surface area contributed by atoms with Crippen LogP contribution in [0.25, 0.3) is 0 Å². The van der Waals surface area contributed by atoms with Crippen LogP contribution < -0.4 is 5.32 Å². The first kappa shape index (κ1) is 28.4. The molecule has 3 aliphatic rings. The molecule has 0 saturated carbocycles. The second-order valence-corrected chi connectivity index (χ2v) is 9.75. The molecular weight excluding hydrogens is 466 g/mol. The van der Waals surface area contributed by atoms with E-state index < -0.39 is 66.8 Å². The highest BCUT2D eigenvalue weighted by atomic mass is 16.7. The number of hydrogen-bond donors (Lipinski definition) is 5. The zero-order chi connectivity index (χ0) is 26.1. The minimum absolute atomic E-state index is 0.0220. The first-order valence-electron chi connectivity index (χ1n) is 11.7. The van der Waals surface area contributed by atoms with E-state index in [1.165, 1.54) is 21.1 Å². The largest absolute Gasteiger partial charge is 0.394 e. The summed E-state index contributed by atoms with van der Waals surface area (Å²) in [6.45, 7) is 8.52. The molecule has 0 aromatic heterocycles. The van der Waals surface area contributed by atoms with Crippen molar-refractivity contribution in [1.29, 1.82) is 0 Å². The molecule has 12 nitrogen and oxygen atoms in total. The molecule has 12 heteroatoms. The Morgan fingerprint density at radius 1 is 1.26 bits per heavy atom. The molecule has 3 aliphatic heterocycles. The van der Waals surface area contributed by atoms with Gasteiger partial charge in [0.25, 0.3) is 5.91 Å². The van der Waals surface area contributed by atoms with Gasteiger partial charge in [0.15, 0.2) is 12.3 Å². The van der Waals surface area contributed by atoms with Crippen LogP contribution in [0.15, 0.2) is 12.2 Å². The summed E-state index contributed by atoms with van der Waals surface area (Å²) in [5.74, 6) is -2.43. The number of amides is 1. The van der Waals surface area contributed by atoms with Crippen LogP contribution in [0.1, 0.15) is 33.6 Å². The molecule has 202 valence electrons. The van der Waals surface area contributed by atoms with Gasteiger partial charge in [-0.05, 0) is 13.8 Å². The van der Waals surface area contributed by atoms with Crippen molar-refractivity contribution in [3.8, 4) is 0 Å². The van der Waals surface area contributed by atoms with Gasteiger partial charge in [0, 0.05) is 33.0 Å². The zero-order valence-electron chi connectivity index (χ0n) is 20.9. The third-order valence-corrected chi connectivity index (χ3v) is 7.43. The summed E-state index contributed by atoms with van der Waals surface area (Å²) < 4.78 is 34.2. The first-order chi connectivity index (χ1) is 16.4. The molecule has 3 saturated heterocycles. The molecular formula is C23H39NO11. The normalized spacial score (nSPS) is 43.8. The van der Waals surface area contributed by atoms with Crippen LogP contribution in [-0.2, 0) is 33.2 Å². The van der Waals surface area contributed by atoms with E-state index in [-0.39, 0.29) is 31.7 Å². The molecule has 0 bridgehead atoms.